The monoisotopic (exact) mass is 315 g/mol. The molecule has 0 aliphatic heterocycles. The highest BCUT2D eigenvalue weighted by Crippen LogP contribution is 2.40. The summed E-state index contributed by atoms with van der Waals surface area (Å²) >= 11 is 0. The van der Waals surface area contributed by atoms with E-state index in [1.807, 2.05) is 0 Å². The molecule has 22 heavy (non-hydrogen) atoms. The molecule has 1 aliphatic carbocycles. The van der Waals surface area contributed by atoms with Gasteiger partial charge in [0.25, 0.3) is 0 Å². The first kappa shape index (κ1) is 20.9. The van der Waals surface area contributed by atoms with E-state index in [-0.39, 0.29) is 12.8 Å². The summed E-state index contributed by atoms with van der Waals surface area (Å²) in [5.41, 5.74) is 2.29. The molecule has 0 heterocycles. The van der Waals surface area contributed by atoms with Gasteiger partial charge in [0.05, 0.1) is 12.5 Å². The Kier molecular flexibility index (Phi) is 11.8. The Hall–Kier alpha value is -1.10. The Morgan fingerprint density at radius 2 is 1.45 bits per heavy atom. The van der Waals surface area contributed by atoms with Gasteiger partial charge in [0, 0.05) is 0 Å². The summed E-state index contributed by atoms with van der Waals surface area (Å²) in [5.74, 6) is -2.72. The molecule has 0 bridgehead atoms. The molecule has 0 spiro atoms. The van der Waals surface area contributed by atoms with Crippen LogP contribution in [0.25, 0.3) is 0 Å². The smallest absolute Gasteiger partial charge is 0.315 e. The Morgan fingerprint density at radius 3 is 1.68 bits per heavy atom. The second kappa shape index (κ2) is 12.4. The van der Waals surface area contributed by atoms with Gasteiger partial charge in [-0.3, -0.25) is 4.79 Å². The minimum atomic E-state index is -1.56. The van der Waals surface area contributed by atoms with Gasteiger partial charge < -0.3 is 20.7 Å². The first-order valence-corrected chi connectivity index (χ1v) is 8.75. The number of unbranched alkanes of at least 4 members (excludes halogenated alkanes) is 8. The molecule has 0 aromatic heterocycles. The Labute approximate surface area is 134 Å². The number of carboxylic acid groups (broad SMARTS) is 2. The molecule has 0 aromatic rings. The largest absolute Gasteiger partial charge is 0.549 e. The third-order valence-corrected chi connectivity index (χ3v) is 4.36. The van der Waals surface area contributed by atoms with Gasteiger partial charge in [-0.25, -0.2) is 0 Å². The molecule has 0 atom stereocenters. The van der Waals surface area contributed by atoms with Crippen molar-refractivity contribution < 1.29 is 25.5 Å². The minimum absolute atomic E-state index is 0.213. The summed E-state index contributed by atoms with van der Waals surface area (Å²) in [6.45, 7) is 3.39. The van der Waals surface area contributed by atoms with Crippen molar-refractivity contribution in [1.29, 1.82) is 0 Å². The third-order valence-electron chi connectivity index (χ3n) is 4.36. The zero-order valence-electron chi connectivity index (χ0n) is 14.1. The average Bonchev–Trinajstić information content (AvgIpc) is 2.40. The van der Waals surface area contributed by atoms with E-state index in [0.29, 0.717) is 6.42 Å². The van der Waals surface area contributed by atoms with E-state index in [1.165, 1.54) is 57.8 Å². The molecule has 0 saturated heterocycles. The molecule has 1 aliphatic rings. The normalized spacial score (nSPS) is 15.4. The lowest BCUT2D eigenvalue weighted by Gasteiger charge is -2.38. The molecule has 1 saturated carbocycles. The first-order chi connectivity index (χ1) is 10.5. The molecule has 1 fully saturated rings. The van der Waals surface area contributed by atoms with Crippen LogP contribution >= 0.6 is 0 Å². The molecule has 0 aromatic carbocycles. The predicted molar refractivity (Wildman–Crippen MR) is 83.9 cm³/mol. The number of rotatable bonds is 11. The van der Waals surface area contributed by atoms with Crippen LogP contribution in [0.2, 0.25) is 0 Å². The van der Waals surface area contributed by atoms with E-state index in [1.54, 1.807) is 0 Å². The van der Waals surface area contributed by atoms with Crippen LogP contribution < -0.4 is 10.8 Å². The zero-order valence-corrected chi connectivity index (χ0v) is 14.1. The summed E-state index contributed by atoms with van der Waals surface area (Å²) in [4.78, 5) is 20.6. The molecule has 1 rings (SSSR count). The van der Waals surface area contributed by atoms with Crippen molar-refractivity contribution in [2.75, 3.05) is 6.54 Å². The summed E-state index contributed by atoms with van der Waals surface area (Å²) in [5, 5.41) is 18.7. The summed E-state index contributed by atoms with van der Waals surface area (Å²) in [6, 6.07) is 0. The predicted octanol–water partition coefficient (Wildman–Crippen LogP) is 1.75. The van der Waals surface area contributed by atoms with Crippen LogP contribution in [0.5, 0.6) is 0 Å². The van der Waals surface area contributed by atoms with E-state index in [4.69, 9.17) is 5.11 Å². The van der Waals surface area contributed by atoms with Crippen LogP contribution in [0.3, 0.4) is 0 Å². The number of quaternary nitrogens is 1. The van der Waals surface area contributed by atoms with Crippen LogP contribution in [0.4, 0.5) is 0 Å². The van der Waals surface area contributed by atoms with E-state index < -0.39 is 17.4 Å². The van der Waals surface area contributed by atoms with Crippen LogP contribution in [0.1, 0.15) is 84.0 Å². The Morgan fingerprint density at radius 1 is 1.00 bits per heavy atom. The molecular weight excluding hydrogens is 282 g/mol. The minimum Gasteiger partial charge on any atom is -0.549 e. The van der Waals surface area contributed by atoms with Gasteiger partial charge in [0.2, 0.25) is 0 Å². The molecule has 4 N–H and O–H groups in total. The molecule has 0 unspecified atom stereocenters. The highest BCUT2D eigenvalue weighted by atomic mass is 16.4. The van der Waals surface area contributed by atoms with E-state index in [0.717, 1.165) is 6.54 Å². The fourth-order valence-electron chi connectivity index (χ4n) is 2.52. The topological polar surface area (TPSA) is 105 Å². The maximum atomic E-state index is 10.3. The number of carbonyl (C=O) groups is 2. The van der Waals surface area contributed by atoms with Gasteiger partial charge in [-0.2, -0.15) is 0 Å². The highest BCUT2D eigenvalue weighted by Gasteiger charge is 2.45. The van der Waals surface area contributed by atoms with Crippen molar-refractivity contribution in [2.24, 2.45) is 5.41 Å². The number of hydrogen-bond acceptors (Lipinski definition) is 3. The van der Waals surface area contributed by atoms with Crippen LogP contribution in [-0.2, 0) is 9.59 Å². The van der Waals surface area contributed by atoms with Crippen LogP contribution in [-0.4, -0.2) is 23.6 Å². The lowest BCUT2D eigenvalue weighted by molar-refractivity contribution is -0.368. The maximum absolute atomic E-state index is 10.3. The van der Waals surface area contributed by atoms with Crippen molar-refractivity contribution in [3.05, 3.63) is 0 Å². The SMILES string of the molecule is CCCCCCCCCCC[NH3+].O=C([O-])C1(C(=O)O)CCC1. The molecule has 5 nitrogen and oxygen atoms in total. The van der Waals surface area contributed by atoms with Crippen molar-refractivity contribution in [3.63, 3.8) is 0 Å². The Balaban J connectivity index is 0.000000406. The van der Waals surface area contributed by atoms with Gasteiger partial charge in [-0.15, -0.1) is 0 Å². The van der Waals surface area contributed by atoms with Crippen LogP contribution in [0, 0.1) is 5.41 Å². The van der Waals surface area contributed by atoms with E-state index >= 15 is 0 Å². The molecule has 0 radical (unpaired) electrons. The van der Waals surface area contributed by atoms with E-state index in [2.05, 4.69) is 12.7 Å². The lowest BCUT2D eigenvalue weighted by atomic mass is 9.69. The highest BCUT2D eigenvalue weighted by molar-refractivity contribution is 5.98. The summed E-state index contributed by atoms with van der Waals surface area (Å²) in [6.07, 6.45) is 13.9. The summed E-state index contributed by atoms with van der Waals surface area (Å²) in [7, 11) is 0. The van der Waals surface area contributed by atoms with Gasteiger partial charge in [-0.05, 0) is 25.7 Å². The molecule has 5 heteroatoms. The maximum Gasteiger partial charge on any atom is 0.315 e. The van der Waals surface area contributed by atoms with Crippen molar-refractivity contribution in [3.8, 4) is 0 Å². The number of carboxylic acids is 2. The average molecular weight is 315 g/mol. The Bertz CT molecular complexity index is 288. The van der Waals surface area contributed by atoms with Crippen molar-refractivity contribution in [1.82, 2.24) is 0 Å². The molecule has 130 valence electrons. The molecular formula is C17H33NO4. The lowest BCUT2D eigenvalue weighted by Crippen LogP contribution is -2.52. The van der Waals surface area contributed by atoms with Gasteiger partial charge in [-0.1, -0.05) is 58.3 Å². The quantitative estimate of drug-likeness (QED) is 0.447. The number of carbonyl (C=O) groups excluding carboxylic acids is 1. The zero-order chi connectivity index (χ0) is 16.8. The van der Waals surface area contributed by atoms with Gasteiger partial charge in [0.1, 0.15) is 5.41 Å². The van der Waals surface area contributed by atoms with Crippen molar-refractivity contribution >= 4 is 11.9 Å². The fraction of sp³-hybridized carbons (Fsp3) is 0.882. The van der Waals surface area contributed by atoms with Gasteiger partial charge in [0.15, 0.2) is 0 Å². The summed E-state index contributed by atoms with van der Waals surface area (Å²) < 4.78 is 0. The standard InChI is InChI=1S/C11H25N.C6H8O4/c1-2-3-4-5-6-7-8-9-10-11-12;7-4(8)6(5(9)10)2-1-3-6/h2-12H2,1H3;1-3H2,(H,7,8)(H,9,10). The number of aliphatic carboxylic acids is 2. The second-order valence-corrected chi connectivity index (χ2v) is 6.21. The number of hydrogen-bond donors (Lipinski definition) is 2. The van der Waals surface area contributed by atoms with E-state index in [9.17, 15) is 14.7 Å². The first-order valence-electron chi connectivity index (χ1n) is 8.75. The van der Waals surface area contributed by atoms with Crippen LogP contribution in [0.15, 0.2) is 0 Å². The second-order valence-electron chi connectivity index (χ2n) is 6.21. The van der Waals surface area contributed by atoms with Crippen molar-refractivity contribution in [2.45, 2.75) is 84.0 Å². The van der Waals surface area contributed by atoms with Gasteiger partial charge >= 0.3 is 5.97 Å². The molecule has 0 amide bonds. The third kappa shape index (κ3) is 7.78. The fourth-order valence-corrected chi connectivity index (χ4v) is 2.52.